The van der Waals surface area contributed by atoms with Crippen LogP contribution in [0.2, 0.25) is 0 Å². The highest BCUT2D eigenvalue weighted by Crippen LogP contribution is 2.35. The normalized spacial score (nSPS) is 15.9. The number of ether oxygens (including phenoxy) is 1. The van der Waals surface area contributed by atoms with Crippen molar-refractivity contribution in [3.63, 3.8) is 0 Å². The third kappa shape index (κ3) is 3.92. The zero-order valence-corrected chi connectivity index (χ0v) is 17.1. The van der Waals surface area contributed by atoms with Crippen LogP contribution in [0.1, 0.15) is 12.0 Å². The fourth-order valence-electron chi connectivity index (χ4n) is 3.82. The van der Waals surface area contributed by atoms with Crippen LogP contribution in [-0.4, -0.2) is 25.5 Å². The summed E-state index contributed by atoms with van der Waals surface area (Å²) in [6, 6.07) is 23.3. The van der Waals surface area contributed by atoms with Crippen molar-refractivity contribution >= 4 is 23.2 Å². The smallest absolute Gasteiger partial charge is 0.229 e. The molecule has 3 aromatic carbocycles. The fraction of sp³-hybridized carbons (Fsp3) is 0.200. The third-order valence-electron chi connectivity index (χ3n) is 5.39. The van der Waals surface area contributed by atoms with Gasteiger partial charge >= 0.3 is 0 Å². The number of carbonyl (C=O) groups excluding carboxylic acids is 2. The molecule has 3 aromatic rings. The molecule has 1 heterocycles. The van der Waals surface area contributed by atoms with Crippen molar-refractivity contribution in [2.24, 2.45) is 5.92 Å². The second-order valence-corrected chi connectivity index (χ2v) is 7.48. The summed E-state index contributed by atoms with van der Waals surface area (Å²) in [6.45, 7) is 2.30. The SMILES string of the molecule is COc1ccc(C)cc1N1C[C@@H](C(=O)Nc2ccccc2-c2ccccc2)CC1=O. The summed E-state index contributed by atoms with van der Waals surface area (Å²) in [5.74, 6) is -0.0211. The predicted molar refractivity (Wildman–Crippen MR) is 119 cm³/mol. The molecular weight excluding hydrogens is 376 g/mol. The Morgan fingerprint density at radius 1 is 1.03 bits per heavy atom. The van der Waals surface area contributed by atoms with Gasteiger partial charge < -0.3 is 15.0 Å². The number of anilines is 2. The number of amides is 2. The summed E-state index contributed by atoms with van der Waals surface area (Å²) in [7, 11) is 1.58. The number of carbonyl (C=O) groups is 2. The van der Waals surface area contributed by atoms with E-state index in [0.717, 1.165) is 22.4 Å². The first-order valence-electron chi connectivity index (χ1n) is 9.97. The summed E-state index contributed by atoms with van der Waals surface area (Å²) >= 11 is 0. The summed E-state index contributed by atoms with van der Waals surface area (Å²) in [5.41, 5.74) is 4.47. The largest absolute Gasteiger partial charge is 0.495 e. The van der Waals surface area contributed by atoms with Crippen LogP contribution in [0.5, 0.6) is 5.75 Å². The summed E-state index contributed by atoms with van der Waals surface area (Å²) in [5, 5.41) is 3.03. The monoisotopic (exact) mass is 400 g/mol. The van der Waals surface area contributed by atoms with Gasteiger partial charge in [0.05, 0.1) is 18.7 Å². The second-order valence-electron chi connectivity index (χ2n) is 7.48. The van der Waals surface area contributed by atoms with Crippen molar-refractivity contribution in [2.75, 3.05) is 23.9 Å². The van der Waals surface area contributed by atoms with Gasteiger partial charge in [0.1, 0.15) is 5.75 Å². The van der Waals surface area contributed by atoms with E-state index in [1.54, 1.807) is 12.0 Å². The Morgan fingerprint density at radius 3 is 2.53 bits per heavy atom. The lowest BCUT2D eigenvalue weighted by molar-refractivity contribution is -0.122. The van der Waals surface area contributed by atoms with E-state index in [2.05, 4.69) is 5.32 Å². The molecule has 1 aliphatic heterocycles. The van der Waals surface area contributed by atoms with Gasteiger partial charge in [0, 0.05) is 24.2 Å². The molecule has 152 valence electrons. The lowest BCUT2D eigenvalue weighted by Crippen LogP contribution is -2.28. The minimum atomic E-state index is -0.424. The Labute approximate surface area is 176 Å². The first-order chi connectivity index (χ1) is 14.6. The number of hydrogen-bond donors (Lipinski definition) is 1. The molecule has 4 rings (SSSR count). The zero-order valence-electron chi connectivity index (χ0n) is 17.1. The summed E-state index contributed by atoms with van der Waals surface area (Å²) in [6.07, 6.45) is 0.177. The Hall–Kier alpha value is -3.60. The van der Waals surface area contributed by atoms with Crippen LogP contribution in [0, 0.1) is 12.8 Å². The number of hydrogen-bond acceptors (Lipinski definition) is 3. The van der Waals surface area contributed by atoms with E-state index in [4.69, 9.17) is 4.74 Å². The minimum Gasteiger partial charge on any atom is -0.495 e. The van der Waals surface area contributed by atoms with Crippen molar-refractivity contribution < 1.29 is 14.3 Å². The van der Waals surface area contributed by atoms with E-state index < -0.39 is 5.92 Å². The number of benzene rings is 3. The quantitative estimate of drug-likeness (QED) is 0.678. The molecule has 1 atom stereocenters. The van der Waals surface area contributed by atoms with Crippen LogP contribution in [0.3, 0.4) is 0 Å². The van der Waals surface area contributed by atoms with Crippen LogP contribution < -0.4 is 15.0 Å². The van der Waals surface area contributed by atoms with Crippen molar-refractivity contribution in [1.82, 2.24) is 0 Å². The molecule has 0 bridgehead atoms. The van der Waals surface area contributed by atoms with Gasteiger partial charge in [-0.3, -0.25) is 9.59 Å². The fourth-order valence-corrected chi connectivity index (χ4v) is 3.82. The van der Waals surface area contributed by atoms with E-state index in [1.807, 2.05) is 79.7 Å². The number of aryl methyl sites for hydroxylation is 1. The van der Waals surface area contributed by atoms with Crippen LogP contribution in [0.15, 0.2) is 72.8 Å². The van der Waals surface area contributed by atoms with E-state index >= 15 is 0 Å². The molecule has 0 unspecified atom stereocenters. The molecule has 1 fully saturated rings. The number of nitrogens with one attached hydrogen (secondary N) is 1. The Bertz CT molecular complexity index is 1080. The highest BCUT2D eigenvalue weighted by atomic mass is 16.5. The van der Waals surface area contributed by atoms with Gasteiger partial charge in [0.25, 0.3) is 0 Å². The van der Waals surface area contributed by atoms with E-state index in [0.29, 0.717) is 18.0 Å². The molecule has 2 amide bonds. The maximum Gasteiger partial charge on any atom is 0.229 e. The Balaban J connectivity index is 1.54. The van der Waals surface area contributed by atoms with E-state index in [-0.39, 0.29) is 18.2 Å². The van der Waals surface area contributed by atoms with E-state index in [9.17, 15) is 9.59 Å². The molecular formula is C25H24N2O3. The first-order valence-corrected chi connectivity index (χ1v) is 9.97. The number of nitrogens with zero attached hydrogens (tertiary/aromatic N) is 1. The molecule has 1 N–H and O–H groups in total. The number of rotatable bonds is 5. The molecule has 1 aliphatic rings. The van der Waals surface area contributed by atoms with Gasteiger partial charge in [0.2, 0.25) is 11.8 Å². The van der Waals surface area contributed by atoms with Crippen LogP contribution in [0.4, 0.5) is 11.4 Å². The van der Waals surface area contributed by atoms with Crippen molar-refractivity contribution in [3.8, 4) is 16.9 Å². The molecule has 5 nitrogen and oxygen atoms in total. The average molecular weight is 400 g/mol. The molecule has 5 heteroatoms. The van der Waals surface area contributed by atoms with Crippen molar-refractivity contribution in [1.29, 1.82) is 0 Å². The molecule has 0 aliphatic carbocycles. The Morgan fingerprint density at radius 2 is 1.77 bits per heavy atom. The number of methoxy groups -OCH3 is 1. The second kappa shape index (κ2) is 8.41. The molecule has 30 heavy (non-hydrogen) atoms. The Kier molecular flexibility index (Phi) is 5.53. The standard InChI is InChI=1S/C25H24N2O3/c1-17-12-13-23(30-2)22(14-17)27-16-19(15-24(27)28)25(29)26-21-11-7-6-10-20(21)18-8-4-3-5-9-18/h3-14,19H,15-16H2,1-2H3,(H,26,29)/t19-/m0/s1. The molecule has 0 radical (unpaired) electrons. The molecule has 0 saturated carbocycles. The van der Waals surface area contributed by atoms with Gasteiger partial charge in [-0.2, -0.15) is 0 Å². The summed E-state index contributed by atoms with van der Waals surface area (Å²) < 4.78 is 5.42. The van der Waals surface area contributed by atoms with E-state index in [1.165, 1.54) is 0 Å². The van der Waals surface area contributed by atoms with Crippen LogP contribution in [-0.2, 0) is 9.59 Å². The molecule has 1 saturated heterocycles. The van der Waals surface area contributed by atoms with Crippen LogP contribution in [0.25, 0.3) is 11.1 Å². The highest BCUT2D eigenvalue weighted by Gasteiger charge is 2.36. The van der Waals surface area contributed by atoms with Gasteiger partial charge in [-0.1, -0.05) is 54.6 Å². The topological polar surface area (TPSA) is 58.6 Å². The van der Waals surface area contributed by atoms with Crippen molar-refractivity contribution in [2.45, 2.75) is 13.3 Å². The number of para-hydroxylation sites is 1. The average Bonchev–Trinajstić information content (AvgIpc) is 3.16. The minimum absolute atomic E-state index is 0.0737. The maximum absolute atomic E-state index is 13.0. The zero-order chi connectivity index (χ0) is 21.1. The van der Waals surface area contributed by atoms with Gasteiger partial charge in [0.15, 0.2) is 0 Å². The van der Waals surface area contributed by atoms with Gasteiger partial charge in [-0.25, -0.2) is 0 Å². The van der Waals surface area contributed by atoms with Gasteiger partial charge in [-0.15, -0.1) is 0 Å². The summed E-state index contributed by atoms with van der Waals surface area (Å²) in [4.78, 5) is 27.4. The predicted octanol–water partition coefficient (Wildman–Crippen LogP) is 4.66. The van der Waals surface area contributed by atoms with Gasteiger partial charge in [-0.05, 0) is 36.2 Å². The highest BCUT2D eigenvalue weighted by molar-refractivity contribution is 6.05. The molecule has 0 aromatic heterocycles. The van der Waals surface area contributed by atoms with Crippen molar-refractivity contribution in [3.05, 3.63) is 78.4 Å². The third-order valence-corrected chi connectivity index (χ3v) is 5.39. The maximum atomic E-state index is 13.0. The van der Waals surface area contributed by atoms with Crippen LogP contribution >= 0.6 is 0 Å². The molecule has 0 spiro atoms. The first kappa shape index (κ1) is 19.7. The lowest BCUT2D eigenvalue weighted by Gasteiger charge is -2.20. The lowest BCUT2D eigenvalue weighted by atomic mass is 10.0.